The second kappa shape index (κ2) is 5.96. The van der Waals surface area contributed by atoms with E-state index in [0.717, 1.165) is 25.7 Å². The number of Topliss-reactive ketones (excluding diaryl/α,β-unsaturated/α-hetero) is 1. The fraction of sp³-hybridized carbons (Fsp3) is 0.929. The van der Waals surface area contributed by atoms with E-state index in [1.54, 1.807) is 0 Å². The SMILES string of the molecule is CCOCC(=O)C1(OCC)CCC(C)(C)CC1. The topological polar surface area (TPSA) is 35.5 Å². The number of carbonyl (C=O) groups is 1. The standard InChI is InChI=1S/C14H26O3/c1-5-16-11-12(15)14(17-6-2)9-7-13(3,4)8-10-14/h5-11H2,1-4H3. The molecular weight excluding hydrogens is 216 g/mol. The van der Waals surface area contributed by atoms with Crippen molar-refractivity contribution in [2.75, 3.05) is 19.8 Å². The Labute approximate surface area is 105 Å². The first-order valence-electron chi connectivity index (χ1n) is 6.71. The Morgan fingerprint density at radius 3 is 2.12 bits per heavy atom. The van der Waals surface area contributed by atoms with Crippen molar-refractivity contribution >= 4 is 5.78 Å². The van der Waals surface area contributed by atoms with E-state index in [1.165, 1.54) is 0 Å². The van der Waals surface area contributed by atoms with Crippen LogP contribution in [0, 0.1) is 5.41 Å². The molecule has 1 fully saturated rings. The zero-order valence-electron chi connectivity index (χ0n) is 11.7. The third-order valence-electron chi connectivity index (χ3n) is 3.78. The molecular formula is C14H26O3. The van der Waals surface area contributed by atoms with Crippen molar-refractivity contribution < 1.29 is 14.3 Å². The van der Waals surface area contributed by atoms with Crippen LogP contribution in [0.2, 0.25) is 0 Å². The van der Waals surface area contributed by atoms with Gasteiger partial charge in [-0.1, -0.05) is 13.8 Å². The van der Waals surface area contributed by atoms with E-state index in [4.69, 9.17) is 9.47 Å². The number of hydrogen-bond donors (Lipinski definition) is 0. The molecule has 0 saturated heterocycles. The Hall–Kier alpha value is -0.410. The Kier molecular flexibility index (Phi) is 5.14. The lowest BCUT2D eigenvalue weighted by molar-refractivity contribution is -0.156. The van der Waals surface area contributed by atoms with Crippen molar-refractivity contribution in [1.29, 1.82) is 0 Å². The van der Waals surface area contributed by atoms with E-state index in [9.17, 15) is 4.79 Å². The summed E-state index contributed by atoms with van der Waals surface area (Å²) in [6.45, 7) is 9.75. The summed E-state index contributed by atoms with van der Waals surface area (Å²) in [6, 6.07) is 0. The maximum Gasteiger partial charge on any atom is 0.190 e. The molecule has 3 heteroatoms. The largest absolute Gasteiger partial charge is 0.374 e. The maximum atomic E-state index is 12.2. The second-order valence-corrected chi connectivity index (χ2v) is 5.65. The van der Waals surface area contributed by atoms with E-state index in [0.29, 0.717) is 18.6 Å². The molecule has 3 nitrogen and oxygen atoms in total. The lowest BCUT2D eigenvalue weighted by Gasteiger charge is -2.42. The molecule has 0 aliphatic heterocycles. The average Bonchev–Trinajstić information content (AvgIpc) is 2.29. The summed E-state index contributed by atoms with van der Waals surface area (Å²) in [5.41, 5.74) is -0.230. The molecule has 100 valence electrons. The predicted molar refractivity (Wildman–Crippen MR) is 68.1 cm³/mol. The van der Waals surface area contributed by atoms with Crippen LogP contribution < -0.4 is 0 Å². The summed E-state index contributed by atoms with van der Waals surface area (Å²) in [5, 5.41) is 0. The van der Waals surface area contributed by atoms with Crippen molar-refractivity contribution in [3.63, 3.8) is 0 Å². The summed E-state index contributed by atoms with van der Waals surface area (Å²) in [6.07, 6.45) is 3.76. The quantitative estimate of drug-likeness (QED) is 0.718. The summed E-state index contributed by atoms with van der Waals surface area (Å²) in [5.74, 6) is 0.122. The van der Waals surface area contributed by atoms with Gasteiger partial charge in [0.1, 0.15) is 12.2 Å². The van der Waals surface area contributed by atoms with Gasteiger partial charge in [0.2, 0.25) is 0 Å². The lowest BCUT2D eigenvalue weighted by atomic mass is 9.69. The van der Waals surface area contributed by atoms with Crippen LogP contribution in [0.3, 0.4) is 0 Å². The second-order valence-electron chi connectivity index (χ2n) is 5.65. The number of hydrogen-bond acceptors (Lipinski definition) is 3. The van der Waals surface area contributed by atoms with E-state index in [2.05, 4.69) is 13.8 Å². The van der Waals surface area contributed by atoms with Gasteiger partial charge in [0.15, 0.2) is 5.78 Å². The molecule has 0 unspecified atom stereocenters. The summed E-state index contributed by atoms with van der Waals surface area (Å²) < 4.78 is 11.0. The first-order valence-corrected chi connectivity index (χ1v) is 6.71. The highest BCUT2D eigenvalue weighted by Crippen LogP contribution is 2.42. The molecule has 1 rings (SSSR count). The van der Waals surface area contributed by atoms with Crippen LogP contribution in [-0.4, -0.2) is 31.2 Å². The number of ketones is 1. The molecule has 0 aromatic rings. The highest BCUT2D eigenvalue weighted by atomic mass is 16.5. The van der Waals surface area contributed by atoms with Gasteiger partial charge in [-0.05, 0) is 44.9 Å². The lowest BCUT2D eigenvalue weighted by Crippen LogP contribution is -2.48. The van der Waals surface area contributed by atoms with E-state index in [-0.39, 0.29) is 12.4 Å². The van der Waals surface area contributed by atoms with Gasteiger partial charge in [-0.2, -0.15) is 0 Å². The van der Waals surface area contributed by atoms with Gasteiger partial charge in [-0.25, -0.2) is 0 Å². The maximum absolute atomic E-state index is 12.2. The summed E-state index contributed by atoms with van der Waals surface area (Å²) in [7, 11) is 0. The zero-order valence-corrected chi connectivity index (χ0v) is 11.7. The third kappa shape index (κ3) is 3.78. The minimum Gasteiger partial charge on any atom is -0.374 e. The van der Waals surface area contributed by atoms with E-state index < -0.39 is 5.60 Å². The Balaban J connectivity index is 2.67. The summed E-state index contributed by atoms with van der Waals surface area (Å²) >= 11 is 0. The number of ether oxygens (including phenoxy) is 2. The predicted octanol–water partition coefficient (Wildman–Crippen LogP) is 2.97. The summed E-state index contributed by atoms with van der Waals surface area (Å²) in [4.78, 5) is 12.2. The zero-order chi connectivity index (χ0) is 12.9. The number of rotatable bonds is 6. The molecule has 0 N–H and O–H groups in total. The fourth-order valence-electron chi connectivity index (χ4n) is 2.44. The van der Waals surface area contributed by atoms with Gasteiger partial charge in [-0.15, -0.1) is 0 Å². The van der Waals surface area contributed by atoms with Crippen molar-refractivity contribution in [2.45, 2.75) is 59.0 Å². The van der Waals surface area contributed by atoms with E-state index >= 15 is 0 Å². The van der Waals surface area contributed by atoms with Crippen LogP contribution in [0.15, 0.2) is 0 Å². The molecule has 0 amide bonds. The van der Waals surface area contributed by atoms with Gasteiger partial charge >= 0.3 is 0 Å². The third-order valence-corrected chi connectivity index (χ3v) is 3.78. The van der Waals surface area contributed by atoms with Gasteiger partial charge in [0.05, 0.1) is 0 Å². The molecule has 0 bridgehead atoms. The van der Waals surface area contributed by atoms with Gasteiger partial charge in [-0.3, -0.25) is 4.79 Å². The van der Waals surface area contributed by atoms with Crippen molar-refractivity contribution in [1.82, 2.24) is 0 Å². The molecule has 1 saturated carbocycles. The molecule has 17 heavy (non-hydrogen) atoms. The minimum absolute atomic E-state index is 0.122. The minimum atomic E-state index is -0.570. The van der Waals surface area contributed by atoms with Crippen LogP contribution in [-0.2, 0) is 14.3 Å². The smallest absolute Gasteiger partial charge is 0.190 e. The first kappa shape index (κ1) is 14.7. The van der Waals surface area contributed by atoms with Crippen molar-refractivity contribution in [2.24, 2.45) is 5.41 Å². The molecule has 0 aromatic carbocycles. The monoisotopic (exact) mass is 242 g/mol. The van der Waals surface area contributed by atoms with Gasteiger partial charge in [0.25, 0.3) is 0 Å². The van der Waals surface area contributed by atoms with E-state index in [1.807, 2.05) is 13.8 Å². The molecule has 1 aliphatic carbocycles. The van der Waals surface area contributed by atoms with Gasteiger partial charge in [0, 0.05) is 13.2 Å². The van der Waals surface area contributed by atoms with Crippen LogP contribution in [0.25, 0.3) is 0 Å². The van der Waals surface area contributed by atoms with Crippen molar-refractivity contribution in [3.8, 4) is 0 Å². The normalized spacial score (nSPS) is 22.4. The highest BCUT2D eigenvalue weighted by molar-refractivity contribution is 5.88. The van der Waals surface area contributed by atoms with Gasteiger partial charge < -0.3 is 9.47 Å². The Morgan fingerprint density at radius 1 is 1.06 bits per heavy atom. The van der Waals surface area contributed by atoms with Crippen LogP contribution >= 0.6 is 0 Å². The number of carbonyl (C=O) groups excluding carboxylic acids is 1. The molecule has 0 radical (unpaired) electrons. The van der Waals surface area contributed by atoms with Crippen molar-refractivity contribution in [3.05, 3.63) is 0 Å². The molecule has 0 atom stereocenters. The Morgan fingerprint density at radius 2 is 1.65 bits per heavy atom. The fourth-order valence-corrected chi connectivity index (χ4v) is 2.44. The first-order chi connectivity index (χ1) is 7.96. The highest BCUT2D eigenvalue weighted by Gasteiger charge is 2.44. The average molecular weight is 242 g/mol. The molecule has 0 spiro atoms. The van der Waals surface area contributed by atoms with Crippen LogP contribution in [0.4, 0.5) is 0 Å². The molecule has 1 aliphatic rings. The Bertz CT molecular complexity index is 248. The van der Waals surface area contributed by atoms with Crippen LogP contribution in [0.1, 0.15) is 53.4 Å². The molecule has 0 heterocycles. The van der Waals surface area contributed by atoms with Crippen LogP contribution in [0.5, 0.6) is 0 Å². The molecule has 0 aromatic heterocycles.